The molecular weight excluding hydrogens is 364 g/mol. The van der Waals surface area contributed by atoms with Crippen molar-refractivity contribution in [1.29, 1.82) is 0 Å². The molecule has 1 aliphatic heterocycles. The molecule has 2 aromatic carbocycles. The third kappa shape index (κ3) is 4.66. The normalized spacial score (nSPS) is 14.7. The molecule has 0 saturated carbocycles. The fraction of sp³-hybridized carbons (Fsp3) is 0.304. The van der Waals surface area contributed by atoms with Crippen molar-refractivity contribution in [3.8, 4) is 17.0 Å². The standard InChI is InChI=1S/C23H26N4O2/c1-29-20-9-5-8-19(16-20)21-17-22(25-24-21)23(28)27-14-12-26(13-15-27)11-10-18-6-3-2-4-7-18/h2-9,16-17H,10-15H2,1H3,(H,24,25). The van der Waals surface area contributed by atoms with Gasteiger partial charge in [-0.25, -0.2) is 0 Å². The van der Waals surface area contributed by atoms with Gasteiger partial charge in [0, 0.05) is 38.3 Å². The summed E-state index contributed by atoms with van der Waals surface area (Å²) < 4.78 is 5.27. The molecule has 1 amide bonds. The van der Waals surface area contributed by atoms with Gasteiger partial charge in [-0.05, 0) is 30.2 Å². The van der Waals surface area contributed by atoms with Crippen LogP contribution in [0, 0.1) is 0 Å². The van der Waals surface area contributed by atoms with Gasteiger partial charge in [-0.2, -0.15) is 5.10 Å². The Balaban J connectivity index is 1.32. The lowest BCUT2D eigenvalue weighted by molar-refractivity contribution is 0.0632. The third-order valence-corrected chi connectivity index (χ3v) is 5.39. The number of methoxy groups -OCH3 is 1. The van der Waals surface area contributed by atoms with Gasteiger partial charge >= 0.3 is 0 Å². The van der Waals surface area contributed by atoms with E-state index in [0.717, 1.165) is 56.2 Å². The minimum absolute atomic E-state index is 0.00866. The predicted octanol–water partition coefficient (Wildman–Crippen LogP) is 3.09. The van der Waals surface area contributed by atoms with Crippen molar-refractivity contribution in [2.45, 2.75) is 6.42 Å². The highest BCUT2D eigenvalue weighted by atomic mass is 16.5. The van der Waals surface area contributed by atoms with E-state index in [1.165, 1.54) is 5.56 Å². The van der Waals surface area contributed by atoms with Gasteiger partial charge in [0.1, 0.15) is 11.4 Å². The molecule has 4 rings (SSSR count). The molecule has 1 aromatic heterocycles. The quantitative estimate of drug-likeness (QED) is 0.703. The van der Waals surface area contributed by atoms with E-state index in [1.807, 2.05) is 41.3 Å². The summed E-state index contributed by atoms with van der Waals surface area (Å²) in [6, 6.07) is 20.0. The Bertz CT molecular complexity index is 946. The van der Waals surface area contributed by atoms with E-state index in [0.29, 0.717) is 5.69 Å². The van der Waals surface area contributed by atoms with Crippen LogP contribution in [0.5, 0.6) is 5.75 Å². The van der Waals surface area contributed by atoms with Crippen molar-refractivity contribution in [2.75, 3.05) is 39.8 Å². The van der Waals surface area contributed by atoms with E-state index in [9.17, 15) is 4.79 Å². The van der Waals surface area contributed by atoms with Crippen LogP contribution in [0.15, 0.2) is 60.7 Å². The minimum Gasteiger partial charge on any atom is -0.497 e. The average molecular weight is 390 g/mol. The zero-order chi connectivity index (χ0) is 20.1. The smallest absolute Gasteiger partial charge is 0.271 e. The number of ether oxygens (including phenoxy) is 1. The molecular formula is C23H26N4O2. The van der Waals surface area contributed by atoms with Crippen molar-refractivity contribution in [2.24, 2.45) is 0 Å². The first-order chi connectivity index (χ1) is 14.2. The molecule has 1 saturated heterocycles. The zero-order valence-corrected chi connectivity index (χ0v) is 16.7. The predicted molar refractivity (Wildman–Crippen MR) is 113 cm³/mol. The highest BCUT2D eigenvalue weighted by molar-refractivity contribution is 5.93. The second kappa shape index (κ2) is 8.92. The fourth-order valence-electron chi connectivity index (χ4n) is 3.64. The van der Waals surface area contributed by atoms with E-state index in [4.69, 9.17) is 4.74 Å². The van der Waals surface area contributed by atoms with E-state index in [-0.39, 0.29) is 5.91 Å². The lowest BCUT2D eigenvalue weighted by Crippen LogP contribution is -2.49. The molecule has 0 atom stereocenters. The molecule has 6 nitrogen and oxygen atoms in total. The number of aromatic nitrogens is 2. The van der Waals surface area contributed by atoms with Crippen LogP contribution in [-0.4, -0.2) is 65.7 Å². The van der Waals surface area contributed by atoms with E-state index in [2.05, 4.69) is 39.4 Å². The average Bonchev–Trinajstić information content (AvgIpc) is 3.29. The van der Waals surface area contributed by atoms with Crippen molar-refractivity contribution in [1.82, 2.24) is 20.0 Å². The molecule has 29 heavy (non-hydrogen) atoms. The van der Waals surface area contributed by atoms with Gasteiger partial charge in [0.15, 0.2) is 0 Å². The van der Waals surface area contributed by atoms with Gasteiger partial charge in [-0.3, -0.25) is 14.8 Å². The first-order valence-corrected chi connectivity index (χ1v) is 9.98. The highest BCUT2D eigenvalue weighted by Gasteiger charge is 2.23. The van der Waals surface area contributed by atoms with Crippen LogP contribution in [0.1, 0.15) is 16.1 Å². The van der Waals surface area contributed by atoms with Crippen molar-refractivity contribution in [3.05, 3.63) is 71.9 Å². The number of carbonyl (C=O) groups is 1. The maximum atomic E-state index is 12.9. The molecule has 1 N–H and O–H groups in total. The van der Waals surface area contributed by atoms with Gasteiger partial charge in [-0.1, -0.05) is 42.5 Å². The van der Waals surface area contributed by atoms with Gasteiger partial charge in [0.05, 0.1) is 12.8 Å². The van der Waals surface area contributed by atoms with Gasteiger partial charge in [-0.15, -0.1) is 0 Å². The third-order valence-electron chi connectivity index (χ3n) is 5.39. The number of rotatable bonds is 6. The number of nitrogens with one attached hydrogen (secondary N) is 1. The fourth-order valence-corrected chi connectivity index (χ4v) is 3.64. The Morgan fingerprint density at radius 1 is 1.03 bits per heavy atom. The first-order valence-electron chi connectivity index (χ1n) is 9.98. The van der Waals surface area contributed by atoms with Crippen molar-refractivity contribution < 1.29 is 9.53 Å². The van der Waals surface area contributed by atoms with Crippen LogP contribution >= 0.6 is 0 Å². The molecule has 150 valence electrons. The molecule has 0 spiro atoms. The molecule has 0 aliphatic carbocycles. The molecule has 0 radical (unpaired) electrons. The molecule has 1 aliphatic rings. The van der Waals surface area contributed by atoms with Gasteiger partial charge in [0.25, 0.3) is 5.91 Å². The molecule has 6 heteroatoms. The summed E-state index contributed by atoms with van der Waals surface area (Å²) in [6.07, 6.45) is 1.04. The Morgan fingerprint density at radius 3 is 2.59 bits per heavy atom. The Hall–Kier alpha value is -3.12. The van der Waals surface area contributed by atoms with E-state index in [1.54, 1.807) is 7.11 Å². The van der Waals surface area contributed by atoms with Gasteiger partial charge in [0.2, 0.25) is 0 Å². The van der Waals surface area contributed by atoms with Crippen LogP contribution < -0.4 is 4.74 Å². The largest absolute Gasteiger partial charge is 0.497 e. The Morgan fingerprint density at radius 2 is 1.83 bits per heavy atom. The number of benzene rings is 2. The van der Waals surface area contributed by atoms with Crippen LogP contribution in [0.4, 0.5) is 0 Å². The Labute approximate surface area is 171 Å². The first kappa shape index (κ1) is 19.2. The number of amides is 1. The monoisotopic (exact) mass is 390 g/mol. The number of piperazine rings is 1. The molecule has 2 heterocycles. The summed E-state index contributed by atoms with van der Waals surface area (Å²) in [7, 11) is 1.64. The SMILES string of the molecule is COc1cccc(-c2cc(C(=O)N3CCN(CCc4ccccc4)CC3)[nH]n2)c1. The summed E-state index contributed by atoms with van der Waals surface area (Å²) in [5, 5.41) is 7.22. The number of nitrogens with zero attached hydrogens (tertiary/aromatic N) is 3. The molecule has 0 unspecified atom stereocenters. The van der Waals surface area contributed by atoms with Crippen molar-refractivity contribution >= 4 is 5.91 Å². The Kier molecular flexibility index (Phi) is 5.91. The number of aromatic amines is 1. The van der Waals surface area contributed by atoms with Crippen LogP contribution in [0.25, 0.3) is 11.3 Å². The zero-order valence-electron chi connectivity index (χ0n) is 16.7. The summed E-state index contributed by atoms with van der Waals surface area (Å²) in [5.41, 5.74) is 3.55. The maximum Gasteiger partial charge on any atom is 0.271 e. The second-order valence-corrected chi connectivity index (χ2v) is 7.27. The summed E-state index contributed by atoms with van der Waals surface area (Å²) in [6.45, 7) is 4.29. The molecule has 1 fully saturated rings. The molecule has 0 bridgehead atoms. The van der Waals surface area contributed by atoms with Crippen LogP contribution in [-0.2, 0) is 6.42 Å². The number of H-pyrrole nitrogens is 1. The number of hydrogen-bond donors (Lipinski definition) is 1. The van der Waals surface area contributed by atoms with Crippen LogP contribution in [0.3, 0.4) is 0 Å². The lowest BCUT2D eigenvalue weighted by Gasteiger charge is -2.34. The maximum absolute atomic E-state index is 12.9. The van der Waals surface area contributed by atoms with Gasteiger partial charge < -0.3 is 9.64 Å². The number of carbonyl (C=O) groups excluding carboxylic acids is 1. The minimum atomic E-state index is 0.00866. The number of hydrogen-bond acceptors (Lipinski definition) is 4. The molecule has 3 aromatic rings. The van der Waals surface area contributed by atoms with E-state index >= 15 is 0 Å². The summed E-state index contributed by atoms with van der Waals surface area (Å²) in [5.74, 6) is 0.777. The van der Waals surface area contributed by atoms with Crippen LogP contribution in [0.2, 0.25) is 0 Å². The highest BCUT2D eigenvalue weighted by Crippen LogP contribution is 2.23. The topological polar surface area (TPSA) is 61.5 Å². The summed E-state index contributed by atoms with van der Waals surface area (Å²) in [4.78, 5) is 17.2. The van der Waals surface area contributed by atoms with E-state index < -0.39 is 0 Å². The summed E-state index contributed by atoms with van der Waals surface area (Å²) >= 11 is 0. The lowest BCUT2D eigenvalue weighted by atomic mass is 10.1. The van der Waals surface area contributed by atoms with Crippen molar-refractivity contribution in [3.63, 3.8) is 0 Å². The second-order valence-electron chi connectivity index (χ2n) is 7.27.